The van der Waals surface area contributed by atoms with Crippen LogP contribution in [0.2, 0.25) is 0 Å². The molecule has 2 heteroatoms. The van der Waals surface area contributed by atoms with Crippen LogP contribution in [0, 0.1) is 11.3 Å². The standard InChI is InChI=1S/C14H26N2/c1-14(2)9-13(14)15-6-5-10-7-11-3-4-12(8-10)16-11/h10-13,15-16H,3-9H2,1-2H3. The third-order valence-electron chi connectivity index (χ3n) is 5.03. The maximum absolute atomic E-state index is 3.72. The van der Waals surface area contributed by atoms with Crippen LogP contribution in [0.3, 0.4) is 0 Å². The van der Waals surface area contributed by atoms with E-state index >= 15 is 0 Å². The summed E-state index contributed by atoms with van der Waals surface area (Å²) in [6.07, 6.45) is 8.53. The summed E-state index contributed by atoms with van der Waals surface area (Å²) in [4.78, 5) is 0. The highest BCUT2D eigenvalue weighted by Gasteiger charge is 2.45. The molecule has 2 aliphatic heterocycles. The number of fused-ring (bicyclic) bond motifs is 2. The van der Waals surface area contributed by atoms with Gasteiger partial charge in [-0.05, 0) is 56.4 Å². The van der Waals surface area contributed by atoms with E-state index < -0.39 is 0 Å². The summed E-state index contributed by atoms with van der Waals surface area (Å²) < 4.78 is 0. The molecule has 3 aliphatic rings. The summed E-state index contributed by atoms with van der Waals surface area (Å²) in [5.74, 6) is 0.994. The molecule has 0 amide bonds. The van der Waals surface area contributed by atoms with Crippen LogP contribution in [0.25, 0.3) is 0 Å². The molecule has 3 rings (SSSR count). The maximum Gasteiger partial charge on any atom is 0.0124 e. The Bertz CT molecular complexity index is 249. The van der Waals surface area contributed by atoms with E-state index in [2.05, 4.69) is 24.5 Å². The maximum atomic E-state index is 3.72. The SMILES string of the molecule is CC1(C)CC1NCCC1CC2CCC(C1)N2. The first-order chi connectivity index (χ1) is 7.63. The van der Waals surface area contributed by atoms with Gasteiger partial charge in [0.1, 0.15) is 0 Å². The van der Waals surface area contributed by atoms with Crippen molar-refractivity contribution in [3.05, 3.63) is 0 Å². The average Bonchev–Trinajstić information content (AvgIpc) is 2.68. The van der Waals surface area contributed by atoms with Crippen LogP contribution in [-0.4, -0.2) is 24.7 Å². The number of hydrogen-bond acceptors (Lipinski definition) is 2. The lowest BCUT2D eigenvalue weighted by Crippen LogP contribution is -2.39. The fraction of sp³-hybridized carbons (Fsp3) is 1.00. The quantitative estimate of drug-likeness (QED) is 0.762. The molecule has 2 heterocycles. The van der Waals surface area contributed by atoms with Crippen molar-refractivity contribution in [1.29, 1.82) is 0 Å². The molecule has 2 bridgehead atoms. The van der Waals surface area contributed by atoms with Crippen LogP contribution < -0.4 is 10.6 Å². The molecule has 2 nitrogen and oxygen atoms in total. The van der Waals surface area contributed by atoms with Gasteiger partial charge in [0.05, 0.1) is 0 Å². The second kappa shape index (κ2) is 3.99. The number of piperidine rings is 1. The van der Waals surface area contributed by atoms with Crippen molar-refractivity contribution in [1.82, 2.24) is 10.6 Å². The number of hydrogen-bond donors (Lipinski definition) is 2. The fourth-order valence-electron chi connectivity index (χ4n) is 3.69. The van der Waals surface area contributed by atoms with E-state index in [0.29, 0.717) is 5.41 Å². The molecule has 0 aromatic rings. The summed E-state index contributed by atoms with van der Waals surface area (Å²) >= 11 is 0. The third kappa shape index (κ3) is 2.28. The molecule has 3 unspecified atom stereocenters. The first kappa shape index (κ1) is 11.0. The monoisotopic (exact) mass is 222 g/mol. The molecular formula is C14H26N2. The minimum absolute atomic E-state index is 0.590. The van der Waals surface area contributed by atoms with Gasteiger partial charge < -0.3 is 10.6 Å². The van der Waals surface area contributed by atoms with E-state index in [0.717, 1.165) is 24.0 Å². The molecule has 2 saturated heterocycles. The highest BCUT2D eigenvalue weighted by atomic mass is 15.0. The normalized spacial score (nSPS) is 44.6. The van der Waals surface area contributed by atoms with Crippen molar-refractivity contribution >= 4 is 0 Å². The molecule has 3 fully saturated rings. The Morgan fingerprint density at radius 2 is 1.81 bits per heavy atom. The molecule has 92 valence electrons. The highest BCUT2D eigenvalue weighted by Crippen LogP contribution is 2.44. The van der Waals surface area contributed by atoms with Crippen LogP contribution in [0.4, 0.5) is 0 Å². The summed E-state index contributed by atoms with van der Waals surface area (Å²) in [6.45, 7) is 5.99. The predicted molar refractivity (Wildman–Crippen MR) is 67.5 cm³/mol. The van der Waals surface area contributed by atoms with Crippen LogP contribution in [0.5, 0.6) is 0 Å². The fourth-order valence-corrected chi connectivity index (χ4v) is 3.69. The van der Waals surface area contributed by atoms with Gasteiger partial charge in [0.25, 0.3) is 0 Å². The lowest BCUT2D eigenvalue weighted by Gasteiger charge is -2.29. The van der Waals surface area contributed by atoms with Gasteiger partial charge in [-0.15, -0.1) is 0 Å². The van der Waals surface area contributed by atoms with Crippen molar-refractivity contribution in [3.8, 4) is 0 Å². The van der Waals surface area contributed by atoms with E-state index in [4.69, 9.17) is 0 Å². The zero-order valence-electron chi connectivity index (χ0n) is 10.8. The molecular weight excluding hydrogens is 196 g/mol. The van der Waals surface area contributed by atoms with Gasteiger partial charge in [-0.1, -0.05) is 13.8 Å². The van der Waals surface area contributed by atoms with E-state index in [1.807, 2.05) is 0 Å². The van der Waals surface area contributed by atoms with Crippen molar-refractivity contribution in [2.24, 2.45) is 11.3 Å². The van der Waals surface area contributed by atoms with E-state index in [1.54, 1.807) is 0 Å². The molecule has 0 spiro atoms. The number of nitrogens with one attached hydrogen (secondary N) is 2. The van der Waals surface area contributed by atoms with Crippen molar-refractivity contribution in [2.75, 3.05) is 6.54 Å². The topological polar surface area (TPSA) is 24.1 Å². The summed E-state index contributed by atoms with van der Waals surface area (Å²) in [5, 5.41) is 7.45. The van der Waals surface area contributed by atoms with Gasteiger partial charge in [-0.25, -0.2) is 0 Å². The Hall–Kier alpha value is -0.0800. The van der Waals surface area contributed by atoms with E-state index in [9.17, 15) is 0 Å². The molecule has 0 aromatic heterocycles. The lowest BCUT2D eigenvalue weighted by molar-refractivity contribution is 0.282. The molecule has 2 N–H and O–H groups in total. The second-order valence-electron chi connectivity index (χ2n) is 6.96. The first-order valence-electron chi connectivity index (χ1n) is 7.13. The van der Waals surface area contributed by atoms with Gasteiger partial charge in [0.2, 0.25) is 0 Å². The van der Waals surface area contributed by atoms with Gasteiger partial charge in [-0.2, -0.15) is 0 Å². The van der Waals surface area contributed by atoms with Gasteiger partial charge in [-0.3, -0.25) is 0 Å². The average molecular weight is 222 g/mol. The highest BCUT2D eigenvalue weighted by molar-refractivity contribution is 5.01. The molecule has 0 aromatic carbocycles. The van der Waals surface area contributed by atoms with Crippen molar-refractivity contribution in [3.63, 3.8) is 0 Å². The Labute approximate surface area is 99.6 Å². The van der Waals surface area contributed by atoms with Crippen LogP contribution in [0.15, 0.2) is 0 Å². The van der Waals surface area contributed by atoms with Crippen LogP contribution in [-0.2, 0) is 0 Å². The van der Waals surface area contributed by atoms with Gasteiger partial charge >= 0.3 is 0 Å². The summed E-state index contributed by atoms with van der Waals surface area (Å²) in [5.41, 5.74) is 0.590. The van der Waals surface area contributed by atoms with E-state index in [-0.39, 0.29) is 0 Å². The number of rotatable bonds is 4. The Morgan fingerprint density at radius 1 is 1.19 bits per heavy atom. The van der Waals surface area contributed by atoms with Gasteiger partial charge in [0, 0.05) is 18.1 Å². The van der Waals surface area contributed by atoms with Crippen molar-refractivity contribution < 1.29 is 0 Å². The summed E-state index contributed by atoms with van der Waals surface area (Å²) in [7, 11) is 0. The Kier molecular flexibility index (Phi) is 2.75. The second-order valence-corrected chi connectivity index (χ2v) is 6.96. The van der Waals surface area contributed by atoms with Gasteiger partial charge in [0.15, 0.2) is 0 Å². The molecule has 16 heavy (non-hydrogen) atoms. The summed E-state index contributed by atoms with van der Waals surface area (Å²) in [6, 6.07) is 2.54. The zero-order chi connectivity index (χ0) is 11.2. The van der Waals surface area contributed by atoms with Crippen LogP contribution in [0.1, 0.15) is 52.4 Å². The molecule has 3 atom stereocenters. The minimum atomic E-state index is 0.590. The Morgan fingerprint density at radius 3 is 2.38 bits per heavy atom. The molecule has 0 radical (unpaired) electrons. The van der Waals surface area contributed by atoms with Crippen LogP contribution >= 0.6 is 0 Å². The zero-order valence-corrected chi connectivity index (χ0v) is 10.8. The predicted octanol–water partition coefficient (Wildman–Crippen LogP) is 2.30. The minimum Gasteiger partial charge on any atom is -0.313 e. The Balaban J connectivity index is 1.36. The van der Waals surface area contributed by atoms with E-state index in [1.165, 1.54) is 45.1 Å². The smallest absolute Gasteiger partial charge is 0.0124 e. The molecule has 1 saturated carbocycles. The van der Waals surface area contributed by atoms with Crippen molar-refractivity contribution in [2.45, 2.75) is 70.5 Å². The first-order valence-corrected chi connectivity index (χ1v) is 7.13. The lowest BCUT2D eigenvalue weighted by atomic mass is 9.90. The molecule has 1 aliphatic carbocycles. The third-order valence-corrected chi connectivity index (χ3v) is 5.03. The largest absolute Gasteiger partial charge is 0.313 e.